The summed E-state index contributed by atoms with van der Waals surface area (Å²) >= 11 is 0. The zero-order chi connectivity index (χ0) is 17.6. The Morgan fingerprint density at radius 2 is 1.96 bits per heavy atom. The van der Waals surface area contributed by atoms with Crippen LogP contribution in [0.2, 0.25) is 0 Å². The van der Waals surface area contributed by atoms with Crippen molar-refractivity contribution in [1.82, 2.24) is 4.90 Å². The molecule has 2 aromatic carbocycles. The van der Waals surface area contributed by atoms with Crippen LogP contribution >= 0.6 is 0 Å². The quantitative estimate of drug-likeness (QED) is 0.767. The number of methoxy groups -OCH3 is 2. The molecule has 1 aliphatic rings. The molecule has 0 bridgehead atoms. The first-order chi connectivity index (χ1) is 12.2. The molecule has 0 aliphatic carbocycles. The van der Waals surface area contributed by atoms with Gasteiger partial charge in [0.15, 0.2) is 11.5 Å². The molecule has 4 nitrogen and oxygen atoms in total. The van der Waals surface area contributed by atoms with Gasteiger partial charge in [0.1, 0.15) is 12.4 Å². The summed E-state index contributed by atoms with van der Waals surface area (Å²) in [6.45, 7) is 3.12. The Morgan fingerprint density at radius 3 is 2.68 bits per heavy atom. The molecule has 0 amide bonds. The maximum atomic E-state index is 13.3. The normalized spacial score (nSPS) is 17.6. The summed E-state index contributed by atoms with van der Waals surface area (Å²) in [5, 5.41) is 0. The zero-order valence-corrected chi connectivity index (χ0v) is 14.7. The van der Waals surface area contributed by atoms with Crippen molar-refractivity contribution in [3.8, 4) is 11.5 Å². The monoisotopic (exact) mass is 345 g/mol. The summed E-state index contributed by atoms with van der Waals surface area (Å²) < 4.78 is 30.0. The molecular weight excluding hydrogens is 321 g/mol. The first-order valence-corrected chi connectivity index (χ1v) is 8.47. The van der Waals surface area contributed by atoms with E-state index in [9.17, 15) is 4.39 Å². The summed E-state index contributed by atoms with van der Waals surface area (Å²) in [6.07, 6.45) is 1.39. The number of ether oxygens (including phenoxy) is 3. The van der Waals surface area contributed by atoms with Crippen LogP contribution in [0.25, 0.3) is 0 Å². The van der Waals surface area contributed by atoms with Gasteiger partial charge in [-0.15, -0.1) is 0 Å². The number of halogens is 1. The van der Waals surface area contributed by atoms with E-state index in [-0.39, 0.29) is 5.82 Å². The van der Waals surface area contributed by atoms with Gasteiger partial charge in [-0.1, -0.05) is 18.2 Å². The minimum absolute atomic E-state index is 0.261. The Kier molecular flexibility index (Phi) is 5.89. The molecule has 3 rings (SSSR count). The Hall–Kier alpha value is -2.11. The smallest absolute Gasteiger partial charge is 0.161 e. The summed E-state index contributed by atoms with van der Waals surface area (Å²) in [5.41, 5.74) is 1.95. The van der Waals surface area contributed by atoms with Crippen LogP contribution in [0.15, 0.2) is 42.5 Å². The van der Waals surface area contributed by atoms with E-state index in [2.05, 4.69) is 4.90 Å². The lowest BCUT2D eigenvalue weighted by Gasteiger charge is -2.17. The average Bonchev–Trinajstić information content (AvgIpc) is 3.08. The molecule has 5 heteroatoms. The molecule has 1 heterocycles. The fraction of sp³-hybridized carbons (Fsp3) is 0.400. The highest BCUT2D eigenvalue weighted by Crippen LogP contribution is 2.30. The highest BCUT2D eigenvalue weighted by atomic mass is 19.1. The van der Waals surface area contributed by atoms with E-state index in [4.69, 9.17) is 14.2 Å². The van der Waals surface area contributed by atoms with Gasteiger partial charge in [0.2, 0.25) is 0 Å². The molecule has 25 heavy (non-hydrogen) atoms. The Balaban J connectivity index is 1.67. The highest BCUT2D eigenvalue weighted by molar-refractivity contribution is 5.43. The van der Waals surface area contributed by atoms with Crippen molar-refractivity contribution >= 4 is 0 Å². The second-order valence-electron chi connectivity index (χ2n) is 6.29. The van der Waals surface area contributed by atoms with Gasteiger partial charge in [-0.2, -0.15) is 0 Å². The fourth-order valence-electron chi connectivity index (χ4n) is 3.11. The number of hydrogen-bond acceptors (Lipinski definition) is 4. The summed E-state index contributed by atoms with van der Waals surface area (Å²) in [7, 11) is 3.38. The number of hydrogen-bond donors (Lipinski definition) is 0. The second-order valence-corrected chi connectivity index (χ2v) is 6.29. The van der Waals surface area contributed by atoms with E-state index in [1.54, 1.807) is 20.3 Å². The molecule has 1 fully saturated rings. The zero-order valence-electron chi connectivity index (χ0n) is 14.7. The van der Waals surface area contributed by atoms with Crippen LogP contribution in [0.1, 0.15) is 17.5 Å². The summed E-state index contributed by atoms with van der Waals surface area (Å²) in [4.78, 5) is 2.37. The van der Waals surface area contributed by atoms with Gasteiger partial charge in [-0.05, 0) is 41.8 Å². The molecule has 1 unspecified atom stereocenters. The number of rotatable bonds is 7. The molecule has 134 valence electrons. The molecule has 1 saturated heterocycles. The minimum atomic E-state index is -0.261. The second kappa shape index (κ2) is 8.32. The van der Waals surface area contributed by atoms with E-state index in [1.807, 2.05) is 24.3 Å². The maximum absolute atomic E-state index is 13.3. The predicted molar refractivity (Wildman–Crippen MR) is 94.4 cm³/mol. The van der Waals surface area contributed by atoms with Crippen molar-refractivity contribution in [3.05, 3.63) is 59.4 Å². The van der Waals surface area contributed by atoms with Gasteiger partial charge in [-0.3, -0.25) is 4.90 Å². The van der Waals surface area contributed by atoms with Gasteiger partial charge in [0.05, 0.1) is 13.2 Å². The topological polar surface area (TPSA) is 30.9 Å². The fourth-order valence-corrected chi connectivity index (χ4v) is 3.11. The third kappa shape index (κ3) is 4.71. The molecule has 0 spiro atoms. The van der Waals surface area contributed by atoms with Crippen LogP contribution in [0.4, 0.5) is 4.39 Å². The van der Waals surface area contributed by atoms with Crippen molar-refractivity contribution < 1.29 is 18.6 Å². The molecule has 0 saturated carbocycles. The van der Waals surface area contributed by atoms with Crippen LogP contribution in [0, 0.1) is 5.82 Å². The van der Waals surface area contributed by atoms with Crippen molar-refractivity contribution in [3.63, 3.8) is 0 Å². The van der Waals surface area contributed by atoms with Gasteiger partial charge in [-0.25, -0.2) is 4.39 Å². The Labute approximate surface area is 148 Å². The van der Waals surface area contributed by atoms with Crippen molar-refractivity contribution in [1.29, 1.82) is 0 Å². The molecule has 1 atom stereocenters. The lowest BCUT2D eigenvalue weighted by atomic mass is 10.2. The van der Waals surface area contributed by atoms with E-state index in [1.165, 1.54) is 12.1 Å². The van der Waals surface area contributed by atoms with Crippen molar-refractivity contribution in [2.45, 2.75) is 25.7 Å². The molecule has 0 N–H and O–H groups in total. The molecule has 0 radical (unpaired) electrons. The number of likely N-dealkylation sites (tertiary alicyclic amines) is 1. The largest absolute Gasteiger partial charge is 0.493 e. The van der Waals surface area contributed by atoms with Crippen molar-refractivity contribution in [2.24, 2.45) is 0 Å². The lowest BCUT2D eigenvalue weighted by Crippen LogP contribution is -2.22. The standard InChI is InChI=1S/C20H24FNO3/c1-23-18-8-9-22(13-18)12-15-6-7-19(24-2)20(11-15)25-14-16-4-3-5-17(21)10-16/h3-7,10-11,18H,8-9,12-14H2,1-2H3. The van der Waals surface area contributed by atoms with Crippen molar-refractivity contribution in [2.75, 3.05) is 27.3 Å². The van der Waals surface area contributed by atoms with Crippen LogP contribution in [0.3, 0.4) is 0 Å². The third-order valence-electron chi connectivity index (χ3n) is 4.48. The summed E-state index contributed by atoms with van der Waals surface area (Å²) in [6, 6.07) is 12.4. The Bertz CT molecular complexity index is 707. The van der Waals surface area contributed by atoms with Crippen LogP contribution in [-0.4, -0.2) is 38.3 Å². The van der Waals surface area contributed by atoms with Gasteiger partial charge >= 0.3 is 0 Å². The Morgan fingerprint density at radius 1 is 1.08 bits per heavy atom. The first kappa shape index (κ1) is 17.7. The third-order valence-corrected chi connectivity index (χ3v) is 4.48. The van der Waals surface area contributed by atoms with Gasteiger partial charge in [0, 0.05) is 26.7 Å². The number of benzene rings is 2. The molecule has 0 aromatic heterocycles. The molecule has 2 aromatic rings. The van der Waals surface area contributed by atoms with E-state index in [0.717, 1.165) is 37.2 Å². The van der Waals surface area contributed by atoms with Crippen LogP contribution < -0.4 is 9.47 Å². The molecule has 1 aliphatic heterocycles. The highest BCUT2D eigenvalue weighted by Gasteiger charge is 2.22. The molecular formula is C20H24FNO3. The SMILES string of the molecule is COc1ccc(CN2CCC(OC)C2)cc1OCc1cccc(F)c1. The van der Waals surface area contributed by atoms with E-state index in [0.29, 0.717) is 24.2 Å². The van der Waals surface area contributed by atoms with E-state index < -0.39 is 0 Å². The minimum Gasteiger partial charge on any atom is -0.493 e. The lowest BCUT2D eigenvalue weighted by molar-refractivity contribution is 0.107. The first-order valence-electron chi connectivity index (χ1n) is 8.47. The number of nitrogens with zero attached hydrogens (tertiary/aromatic N) is 1. The van der Waals surface area contributed by atoms with E-state index >= 15 is 0 Å². The van der Waals surface area contributed by atoms with Gasteiger partial charge in [0.25, 0.3) is 0 Å². The van der Waals surface area contributed by atoms with Crippen LogP contribution in [-0.2, 0) is 17.9 Å². The maximum Gasteiger partial charge on any atom is 0.161 e. The average molecular weight is 345 g/mol. The van der Waals surface area contributed by atoms with Crippen LogP contribution in [0.5, 0.6) is 11.5 Å². The predicted octanol–water partition coefficient (Wildman–Crippen LogP) is 3.63. The summed E-state index contributed by atoms with van der Waals surface area (Å²) in [5.74, 6) is 1.09. The van der Waals surface area contributed by atoms with Gasteiger partial charge < -0.3 is 14.2 Å².